The monoisotopic (exact) mass is 413 g/mol. The van der Waals surface area contributed by atoms with Gasteiger partial charge in [-0.1, -0.05) is 26.0 Å². The molecule has 2 bridgehead atoms. The number of hydrogen-bond acceptors (Lipinski definition) is 5. The molecule has 2 atom stereocenters. The molecule has 0 radical (unpaired) electrons. The number of carbonyl (C=O) groups is 1. The Bertz CT molecular complexity index is 1250. The first-order chi connectivity index (χ1) is 14.9. The molecule has 0 spiro atoms. The molecule has 1 saturated carbocycles. The van der Waals surface area contributed by atoms with Crippen LogP contribution in [0.15, 0.2) is 48.7 Å². The summed E-state index contributed by atoms with van der Waals surface area (Å²) in [5, 5.41) is 20.7. The minimum atomic E-state index is -0.832. The molecule has 7 heteroatoms. The van der Waals surface area contributed by atoms with E-state index in [1.807, 2.05) is 12.1 Å². The lowest BCUT2D eigenvalue weighted by atomic mass is 9.67. The molecule has 1 N–H and O–H groups in total. The minimum Gasteiger partial charge on any atom is -0.324 e. The summed E-state index contributed by atoms with van der Waals surface area (Å²) in [6.07, 6.45) is 3.00. The highest BCUT2D eigenvalue weighted by Crippen LogP contribution is 2.67. The topological polar surface area (TPSA) is 91.6 Å². The van der Waals surface area contributed by atoms with Gasteiger partial charge in [-0.15, -0.1) is 0 Å². The van der Waals surface area contributed by atoms with E-state index in [2.05, 4.69) is 34.3 Å². The highest BCUT2D eigenvalue weighted by molar-refractivity contribution is 6.01. The van der Waals surface area contributed by atoms with Crippen molar-refractivity contribution in [3.63, 3.8) is 0 Å². The fraction of sp³-hybridized carbons (Fsp3) is 0.292. The lowest BCUT2D eigenvalue weighted by Gasteiger charge is -2.36. The lowest BCUT2D eigenvalue weighted by molar-refractivity contribution is -0.124. The molecule has 2 heterocycles. The zero-order chi connectivity index (χ0) is 21.8. The molecule has 2 aliphatic carbocycles. The van der Waals surface area contributed by atoms with Crippen LogP contribution in [0.25, 0.3) is 11.3 Å². The molecule has 2 aromatic heterocycles. The van der Waals surface area contributed by atoms with Crippen LogP contribution in [0.4, 0.5) is 10.1 Å². The average molecular weight is 413 g/mol. The summed E-state index contributed by atoms with van der Waals surface area (Å²) >= 11 is 0. The second kappa shape index (κ2) is 6.67. The minimum absolute atomic E-state index is 0.133. The molecular formula is C24H20FN5O. The Morgan fingerprint density at radius 1 is 1.23 bits per heavy atom. The number of hydrogen-bond donors (Lipinski definition) is 1. The van der Waals surface area contributed by atoms with Crippen molar-refractivity contribution < 1.29 is 9.18 Å². The molecule has 6 nitrogen and oxygen atoms in total. The normalized spacial score (nSPS) is 22.6. The molecule has 1 amide bonds. The summed E-state index contributed by atoms with van der Waals surface area (Å²) in [5.41, 5.74) is 2.14. The van der Waals surface area contributed by atoms with Gasteiger partial charge in [0.15, 0.2) is 0 Å². The van der Waals surface area contributed by atoms with Crippen molar-refractivity contribution in [2.45, 2.75) is 38.0 Å². The van der Waals surface area contributed by atoms with Crippen LogP contribution >= 0.6 is 0 Å². The highest BCUT2D eigenvalue weighted by Gasteiger charge is 2.67. The molecule has 2 aliphatic rings. The van der Waals surface area contributed by atoms with E-state index in [4.69, 9.17) is 5.26 Å². The summed E-state index contributed by atoms with van der Waals surface area (Å²) in [6, 6.07) is 13.6. The standard InChI is InChI=1S/C24H20FN5O/c1-23(2)18-9-10-24(23,22(31)28-15-8-7-14(12-26)27-13-15)21-17(18)11-20(29-30-21)16-5-3-4-6-19(16)25/h3-8,11,13,18H,9-10H2,1-2H3,(H,28,31)/t18-,24+/m1/s1. The van der Waals surface area contributed by atoms with E-state index < -0.39 is 5.41 Å². The van der Waals surface area contributed by atoms with E-state index >= 15 is 0 Å². The Kier molecular flexibility index (Phi) is 4.16. The first-order valence-electron chi connectivity index (χ1n) is 10.2. The van der Waals surface area contributed by atoms with Gasteiger partial charge in [0.2, 0.25) is 5.91 Å². The second-order valence-corrected chi connectivity index (χ2v) is 8.73. The van der Waals surface area contributed by atoms with Crippen molar-refractivity contribution in [1.82, 2.24) is 15.2 Å². The summed E-state index contributed by atoms with van der Waals surface area (Å²) < 4.78 is 14.3. The summed E-state index contributed by atoms with van der Waals surface area (Å²) in [5.74, 6) is -0.369. The summed E-state index contributed by atoms with van der Waals surface area (Å²) in [7, 11) is 0. The number of nitriles is 1. The van der Waals surface area contributed by atoms with Crippen LogP contribution in [0.5, 0.6) is 0 Å². The number of aromatic nitrogens is 3. The number of anilines is 1. The molecule has 5 rings (SSSR count). The van der Waals surface area contributed by atoms with Crippen molar-refractivity contribution in [3.8, 4) is 17.3 Å². The maximum atomic E-state index is 14.3. The Morgan fingerprint density at radius 3 is 2.74 bits per heavy atom. The SMILES string of the molecule is CC1(C)[C@@H]2CC[C@@]1(C(=O)Nc1ccc(C#N)nc1)c1nnc(-c3ccccc3F)cc12. The first-order valence-corrected chi connectivity index (χ1v) is 10.2. The lowest BCUT2D eigenvalue weighted by Crippen LogP contribution is -2.46. The van der Waals surface area contributed by atoms with Gasteiger partial charge >= 0.3 is 0 Å². The van der Waals surface area contributed by atoms with Crippen LogP contribution < -0.4 is 5.32 Å². The second-order valence-electron chi connectivity index (χ2n) is 8.73. The molecule has 154 valence electrons. The predicted octanol–water partition coefficient (Wildman–Crippen LogP) is 4.34. The molecule has 0 aliphatic heterocycles. The van der Waals surface area contributed by atoms with Gasteiger partial charge in [0.05, 0.1) is 28.7 Å². The summed E-state index contributed by atoms with van der Waals surface area (Å²) in [6.45, 7) is 4.18. The molecule has 0 saturated heterocycles. The van der Waals surface area contributed by atoms with Gasteiger partial charge in [-0.25, -0.2) is 9.37 Å². The largest absolute Gasteiger partial charge is 0.324 e. The fourth-order valence-electron chi connectivity index (χ4n) is 5.40. The van der Waals surface area contributed by atoms with Crippen molar-refractivity contribution in [2.24, 2.45) is 5.41 Å². The highest BCUT2D eigenvalue weighted by atomic mass is 19.1. The van der Waals surface area contributed by atoms with E-state index in [9.17, 15) is 9.18 Å². The summed E-state index contributed by atoms with van der Waals surface area (Å²) in [4.78, 5) is 17.6. The zero-order valence-electron chi connectivity index (χ0n) is 17.2. The van der Waals surface area contributed by atoms with Crippen LogP contribution in [0.1, 0.15) is 49.6 Å². The Hall–Kier alpha value is -3.66. The van der Waals surface area contributed by atoms with Gasteiger partial charge in [-0.05, 0) is 60.1 Å². The third-order valence-electron chi connectivity index (χ3n) is 7.06. The molecule has 1 aromatic carbocycles. The predicted molar refractivity (Wildman–Crippen MR) is 112 cm³/mol. The van der Waals surface area contributed by atoms with Crippen molar-refractivity contribution >= 4 is 11.6 Å². The van der Waals surface area contributed by atoms with Crippen LogP contribution in [0.3, 0.4) is 0 Å². The number of fused-ring (bicyclic) bond motifs is 5. The van der Waals surface area contributed by atoms with E-state index in [1.165, 1.54) is 12.3 Å². The fourth-order valence-corrected chi connectivity index (χ4v) is 5.40. The number of rotatable bonds is 3. The Labute approximate surface area is 179 Å². The number of nitrogens with one attached hydrogen (secondary N) is 1. The van der Waals surface area contributed by atoms with Crippen LogP contribution in [0.2, 0.25) is 0 Å². The smallest absolute Gasteiger partial charge is 0.237 e. The number of carbonyl (C=O) groups excluding carboxylic acids is 1. The number of pyridine rings is 1. The van der Waals surface area contributed by atoms with Gasteiger partial charge in [0, 0.05) is 5.56 Å². The van der Waals surface area contributed by atoms with Crippen molar-refractivity contribution in [1.29, 1.82) is 5.26 Å². The Balaban J connectivity index is 1.56. The maximum Gasteiger partial charge on any atom is 0.237 e. The third-order valence-corrected chi connectivity index (χ3v) is 7.06. The number of nitrogens with zero attached hydrogens (tertiary/aromatic N) is 4. The molecule has 1 fully saturated rings. The van der Waals surface area contributed by atoms with E-state index in [1.54, 1.807) is 30.3 Å². The van der Waals surface area contributed by atoms with E-state index in [-0.39, 0.29) is 28.8 Å². The number of benzene rings is 1. The van der Waals surface area contributed by atoms with Crippen LogP contribution in [0, 0.1) is 22.6 Å². The number of halogens is 1. The number of amides is 1. The van der Waals surface area contributed by atoms with Gasteiger partial charge in [0.1, 0.15) is 17.6 Å². The van der Waals surface area contributed by atoms with Crippen molar-refractivity contribution in [2.75, 3.05) is 5.32 Å². The molecule has 3 aromatic rings. The van der Waals surface area contributed by atoms with Crippen LogP contribution in [-0.2, 0) is 10.2 Å². The van der Waals surface area contributed by atoms with Crippen molar-refractivity contribution in [3.05, 3.63) is 71.4 Å². The zero-order valence-corrected chi connectivity index (χ0v) is 17.2. The molecule has 31 heavy (non-hydrogen) atoms. The van der Waals surface area contributed by atoms with Gasteiger partial charge in [-0.2, -0.15) is 15.5 Å². The van der Waals surface area contributed by atoms with Gasteiger partial charge in [-0.3, -0.25) is 4.79 Å². The van der Waals surface area contributed by atoms with E-state index in [0.29, 0.717) is 29.1 Å². The van der Waals surface area contributed by atoms with Crippen LogP contribution in [-0.4, -0.2) is 21.1 Å². The Morgan fingerprint density at radius 2 is 2.03 bits per heavy atom. The molecular weight excluding hydrogens is 393 g/mol. The van der Waals surface area contributed by atoms with Gasteiger partial charge in [0.25, 0.3) is 0 Å². The third kappa shape index (κ3) is 2.61. The average Bonchev–Trinajstić information content (AvgIpc) is 3.16. The maximum absolute atomic E-state index is 14.3. The van der Waals surface area contributed by atoms with E-state index in [0.717, 1.165) is 12.0 Å². The molecule has 0 unspecified atom stereocenters. The first kappa shape index (κ1) is 19.3. The quantitative estimate of drug-likeness (QED) is 0.690. The van der Waals surface area contributed by atoms with Gasteiger partial charge < -0.3 is 5.32 Å².